The van der Waals surface area contributed by atoms with E-state index < -0.39 is 5.97 Å². The van der Waals surface area contributed by atoms with E-state index in [1.807, 2.05) is 0 Å². The third kappa shape index (κ3) is 10.8. The Labute approximate surface area is 123 Å². The minimum Gasteiger partial charge on any atom is -0.478 e. The molecule has 3 heteroatoms. The average molecular weight is 282 g/mol. The van der Waals surface area contributed by atoms with Crippen LogP contribution < -0.4 is 0 Å². The van der Waals surface area contributed by atoms with Gasteiger partial charge >= 0.3 is 5.97 Å². The molecule has 0 heterocycles. The molecule has 0 aromatic carbocycles. The predicted octanol–water partition coefficient (Wildman–Crippen LogP) is 4.75. The molecule has 0 saturated carbocycles. The molecule has 0 spiro atoms. The van der Waals surface area contributed by atoms with Gasteiger partial charge in [0.15, 0.2) is 5.78 Å². The summed E-state index contributed by atoms with van der Waals surface area (Å²) in [6.07, 6.45) is 13.3. The number of aliphatic carboxylic acids is 1. The van der Waals surface area contributed by atoms with Crippen LogP contribution in [0, 0.1) is 5.92 Å². The van der Waals surface area contributed by atoms with E-state index in [0.717, 1.165) is 44.6 Å². The Hall–Kier alpha value is -1.12. The molecule has 0 aliphatic carbocycles. The van der Waals surface area contributed by atoms with Gasteiger partial charge in [-0.1, -0.05) is 65.2 Å². The maximum Gasteiger partial charge on any atom is 0.328 e. The number of hydrogen-bond donors (Lipinski definition) is 1. The molecule has 0 rings (SSSR count). The summed E-state index contributed by atoms with van der Waals surface area (Å²) in [6, 6.07) is 0. The van der Waals surface area contributed by atoms with Crippen molar-refractivity contribution in [2.24, 2.45) is 5.92 Å². The molecule has 0 aliphatic rings. The molecule has 0 atom stereocenters. The molecular formula is C17H30O3. The number of unbranched alkanes of at least 4 members (excludes halogenated alkanes) is 6. The lowest BCUT2D eigenvalue weighted by atomic mass is 9.90. The largest absolute Gasteiger partial charge is 0.478 e. The van der Waals surface area contributed by atoms with Gasteiger partial charge in [0.1, 0.15) is 0 Å². The van der Waals surface area contributed by atoms with Crippen molar-refractivity contribution < 1.29 is 14.7 Å². The van der Waals surface area contributed by atoms with Crippen LogP contribution in [0.25, 0.3) is 0 Å². The topological polar surface area (TPSA) is 54.4 Å². The Balaban J connectivity index is 4.21. The molecule has 0 bridgehead atoms. The first-order valence-electron chi connectivity index (χ1n) is 8.06. The highest BCUT2D eigenvalue weighted by atomic mass is 16.4. The molecule has 0 radical (unpaired) electrons. The number of allylic oxidation sites excluding steroid dienone is 1. The van der Waals surface area contributed by atoms with Gasteiger partial charge < -0.3 is 5.11 Å². The second kappa shape index (κ2) is 12.9. The zero-order chi connectivity index (χ0) is 15.2. The number of carboxylic acids is 1. The Morgan fingerprint density at radius 3 is 1.75 bits per heavy atom. The zero-order valence-electron chi connectivity index (χ0n) is 13.1. The number of carbonyl (C=O) groups excluding carboxylic acids is 1. The predicted molar refractivity (Wildman–Crippen MR) is 82.8 cm³/mol. The minimum absolute atomic E-state index is 0.0133. The van der Waals surface area contributed by atoms with E-state index >= 15 is 0 Å². The normalized spacial score (nSPS) is 11.3. The van der Waals surface area contributed by atoms with E-state index in [1.54, 1.807) is 0 Å². The van der Waals surface area contributed by atoms with Crippen molar-refractivity contribution in [3.63, 3.8) is 0 Å². The first kappa shape index (κ1) is 18.9. The van der Waals surface area contributed by atoms with Crippen molar-refractivity contribution >= 4 is 11.8 Å². The Bertz CT molecular complexity index is 283. The fourth-order valence-electron chi connectivity index (χ4n) is 2.35. The van der Waals surface area contributed by atoms with E-state index in [2.05, 4.69) is 13.8 Å². The van der Waals surface area contributed by atoms with Crippen LogP contribution in [-0.2, 0) is 9.59 Å². The van der Waals surface area contributed by atoms with Crippen LogP contribution in [0.15, 0.2) is 12.2 Å². The fraction of sp³-hybridized carbons (Fsp3) is 0.765. The standard InChI is InChI=1S/C17H30O3/c1-3-5-7-9-11-15(12-10-8-6-4-2)16(18)13-14-17(19)20/h13-15H,3-12H2,1-2H3,(H,19,20)/b14-13-. The van der Waals surface area contributed by atoms with Gasteiger partial charge in [-0.2, -0.15) is 0 Å². The van der Waals surface area contributed by atoms with Crippen LogP contribution in [0.5, 0.6) is 0 Å². The molecule has 116 valence electrons. The SMILES string of the molecule is CCCCCCC(CCCCCC)C(=O)/C=C\C(=O)O. The molecule has 0 aromatic heterocycles. The van der Waals surface area contributed by atoms with Crippen molar-refractivity contribution in [1.29, 1.82) is 0 Å². The molecule has 1 N–H and O–H groups in total. The molecule has 0 aliphatic heterocycles. The molecule has 3 nitrogen and oxygen atoms in total. The number of carbonyl (C=O) groups is 2. The van der Waals surface area contributed by atoms with Gasteiger partial charge in [0.2, 0.25) is 0 Å². The summed E-state index contributed by atoms with van der Waals surface area (Å²) in [5, 5.41) is 8.60. The van der Waals surface area contributed by atoms with Gasteiger partial charge in [-0.25, -0.2) is 4.79 Å². The highest BCUT2D eigenvalue weighted by Crippen LogP contribution is 2.20. The lowest BCUT2D eigenvalue weighted by Crippen LogP contribution is -2.13. The number of hydrogen-bond acceptors (Lipinski definition) is 2. The van der Waals surface area contributed by atoms with E-state index in [-0.39, 0.29) is 11.7 Å². The monoisotopic (exact) mass is 282 g/mol. The molecule has 0 fully saturated rings. The van der Waals surface area contributed by atoms with E-state index in [0.29, 0.717) is 0 Å². The first-order chi connectivity index (χ1) is 9.61. The van der Waals surface area contributed by atoms with Crippen molar-refractivity contribution in [3.8, 4) is 0 Å². The van der Waals surface area contributed by atoms with Crippen LogP contribution >= 0.6 is 0 Å². The van der Waals surface area contributed by atoms with Crippen LogP contribution in [0.2, 0.25) is 0 Å². The summed E-state index contributed by atoms with van der Waals surface area (Å²) in [4.78, 5) is 22.5. The molecular weight excluding hydrogens is 252 g/mol. The Kier molecular flexibility index (Phi) is 12.2. The van der Waals surface area contributed by atoms with Gasteiger partial charge in [0.05, 0.1) is 0 Å². The zero-order valence-corrected chi connectivity index (χ0v) is 13.1. The molecule has 20 heavy (non-hydrogen) atoms. The van der Waals surface area contributed by atoms with Gasteiger partial charge in [-0.05, 0) is 18.9 Å². The molecule has 0 saturated heterocycles. The summed E-state index contributed by atoms with van der Waals surface area (Å²) in [7, 11) is 0. The van der Waals surface area contributed by atoms with Crippen LogP contribution in [0.4, 0.5) is 0 Å². The summed E-state index contributed by atoms with van der Waals surface area (Å²) < 4.78 is 0. The average Bonchev–Trinajstić information content (AvgIpc) is 2.43. The molecule has 0 unspecified atom stereocenters. The molecule has 0 amide bonds. The van der Waals surface area contributed by atoms with Gasteiger partial charge in [-0.15, -0.1) is 0 Å². The lowest BCUT2D eigenvalue weighted by Gasteiger charge is -2.13. The Morgan fingerprint density at radius 1 is 0.850 bits per heavy atom. The highest BCUT2D eigenvalue weighted by Gasteiger charge is 2.15. The van der Waals surface area contributed by atoms with Crippen molar-refractivity contribution in [1.82, 2.24) is 0 Å². The summed E-state index contributed by atoms with van der Waals surface area (Å²) in [6.45, 7) is 4.34. The maximum absolute atomic E-state index is 12.0. The van der Waals surface area contributed by atoms with Crippen LogP contribution in [0.3, 0.4) is 0 Å². The summed E-state index contributed by atoms with van der Waals surface area (Å²) in [5.41, 5.74) is 0. The fourth-order valence-corrected chi connectivity index (χ4v) is 2.35. The van der Waals surface area contributed by atoms with Crippen molar-refractivity contribution in [2.75, 3.05) is 0 Å². The summed E-state index contributed by atoms with van der Waals surface area (Å²) >= 11 is 0. The van der Waals surface area contributed by atoms with Crippen LogP contribution in [-0.4, -0.2) is 16.9 Å². The van der Waals surface area contributed by atoms with Crippen molar-refractivity contribution in [2.45, 2.75) is 78.1 Å². The molecule has 0 aromatic rings. The van der Waals surface area contributed by atoms with Gasteiger partial charge in [0.25, 0.3) is 0 Å². The lowest BCUT2D eigenvalue weighted by molar-refractivity contribution is -0.131. The number of rotatable bonds is 13. The Morgan fingerprint density at radius 2 is 1.35 bits per heavy atom. The van der Waals surface area contributed by atoms with Gasteiger partial charge in [-0.3, -0.25) is 4.79 Å². The second-order valence-electron chi connectivity index (χ2n) is 5.47. The third-order valence-corrected chi connectivity index (χ3v) is 3.60. The highest BCUT2D eigenvalue weighted by molar-refractivity contribution is 5.96. The van der Waals surface area contributed by atoms with Crippen LogP contribution in [0.1, 0.15) is 78.1 Å². The minimum atomic E-state index is -1.05. The smallest absolute Gasteiger partial charge is 0.328 e. The quantitative estimate of drug-likeness (QED) is 0.391. The van der Waals surface area contributed by atoms with Gasteiger partial charge in [0, 0.05) is 12.0 Å². The number of carboxylic acid groups (broad SMARTS) is 1. The number of ketones is 1. The van der Waals surface area contributed by atoms with E-state index in [4.69, 9.17) is 5.11 Å². The van der Waals surface area contributed by atoms with Crippen molar-refractivity contribution in [3.05, 3.63) is 12.2 Å². The van der Waals surface area contributed by atoms with E-state index in [1.165, 1.54) is 31.8 Å². The maximum atomic E-state index is 12.0. The second-order valence-corrected chi connectivity index (χ2v) is 5.47. The van der Waals surface area contributed by atoms with E-state index in [9.17, 15) is 9.59 Å². The first-order valence-corrected chi connectivity index (χ1v) is 8.06. The third-order valence-electron chi connectivity index (χ3n) is 3.60. The summed E-state index contributed by atoms with van der Waals surface area (Å²) in [5.74, 6) is -1.05.